The highest BCUT2D eigenvalue weighted by atomic mass is 16.7. The highest BCUT2D eigenvalue weighted by Crippen LogP contribution is 2.27. The van der Waals surface area contributed by atoms with Gasteiger partial charge in [-0.1, -0.05) is 38.1 Å². The van der Waals surface area contributed by atoms with E-state index in [-0.39, 0.29) is 12.4 Å². The first kappa shape index (κ1) is 11.6. The Labute approximate surface area is 96.5 Å². The third kappa shape index (κ3) is 2.43. The van der Waals surface area contributed by atoms with Crippen molar-refractivity contribution in [3.63, 3.8) is 0 Å². The normalized spacial score (nSPS) is 25.2. The Morgan fingerprint density at radius 2 is 2.00 bits per heavy atom. The maximum Gasteiger partial charge on any atom is 0.170 e. The monoisotopic (exact) mass is 221 g/mol. The van der Waals surface area contributed by atoms with Crippen molar-refractivity contribution in [1.82, 2.24) is 0 Å². The van der Waals surface area contributed by atoms with Gasteiger partial charge >= 0.3 is 0 Å². The van der Waals surface area contributed by atoms with Gasteiger partial charge in [0.05, 0.1) is 6.61 Å². The first-order valence-corrected chi connectivity index (χ1v) is 5.77. The van der Waals surface area contributed by atoms with Crippen molar-refractivity contribution in [2.45, 2.75) is 32.2 Å². The van der Waals surface area contributed by atoms with Gasteiger partial charge in [0.15, 0.2) is 6.29 Å². The van der Waals surface area contributed by atoms with E-state index in [0.717, 1.165) is 0 Å². The van der Waals surface area contributed by atoms with Crippen LogP contribution in [0.25, 0.3) is 0 Å². The summed E-state index contributed by atoms with van der Waals surface area (Å²) in [5.74, 6) is 0.562. The molecule has 3 heteroatoms. The highest BCUT2D eigenvalue weighted by Gasteiger charge is 2.25. The molecule has 2 N–H and O–H groups in total. The van der Waals surface area contributed by atoms with Gasteiger partial charge in [-0.05, 0) is 17.0 Å². The summed E-state index contributed by atoms with van der Waals surface area (Å²) < 4.78 is 11.0. The number of ether oxygens (including phenoxy) is 2. The predicted octanol–water partition coefficient (Wildman–Crippen LogP) is 2.18. The van der Waals surface area contributed by atoms with Crippen molar-refractivity contribution in [3.05, 3.63) is 35.4 Å². The quantitative estimate of drug-likeness (QED) is 0.850. The molecule has 0 saturated carbocycles. The van der Waals surface area contributed by atoms with Gasteiger partial charge in [0, 0.05) is 6.54 Å². The molecule has 1 fully saturated rings. The molecule has 1 aliphatic heterocycles. The summed E-state index contributed by atoms with van der Waals surface area (Å²) in [5, 5.41) is 0. The van der Waals surface area contributed by atoms with Gasteiger partial charge in [-0.25, -0.2) is 0 Å². The van der Waals surface area contributed by atoms with Crippen LogP contribution in [-0.2, 0) is 9.47 Å². The largest absolute Gasteiger partial charge is 0.348 e. The zero-order chi connectivity index (χ0) is 11.5. The van der Waals surface area contributed by atoms with E-state index >= 15 is 0 Å². The molecule has 0 radical (unpaired) electrons. The Bertz CT molecular complexity index is 334. The van der Waals surface area contributed by atoms with Gasteiger partial charge in [0.2, 0.25) is 0 Å². The molecule has 16 heavy (non-hydrogen) atoms. The van der Waals surface area contributed by atoms with Crippen LogP contribution in [0.15, 0.2) is 24.3 Å². The summed E-state index contributed by atoms with van der Waals surface area (Å²) in [7, 11) is 0. The number of benzene rings is 1. The van der Waals surface area contributed by atoms with Crippen LogP contribution in [0.3, 0.4) is 0 Å². The molecule has 0 aromatic heterocycles. The van der Waals surface area contributed by atoms with E-state index in [0.29, 0.717) is 19.1 Å². The Morgan fingerprint density at radius 3 is 2.50 bits per heavy atom. The molecule has 0 amide bonds. The van der Waals surface area contributed by atoms with E-state index in [2.05, 4.69) is 38.1 Å². The molecule has 1 aliphatic rings. The minimum Gasteiger partial charge on any atom is -0.348 e. The van der Waals surface area contributed by atoms with E-state index in [1.165, 1.54) is 11.1 Å². The molecule has 0 spiro atoms. The van der Waals surface area contributed by atoms with Crippen molar-refractivity contribution in [1.29, 1.82) is 0 Å². The van der Waals surface area contributed by atoms with E-state index in [4.69, 9.17) is 15.2 Å². The van der Waals surface area contributed by atoms with Gasteiger partial charge in [0.1, 0.15) is 6.10 Å². The Hall–Kier alpha value is -0.900. The van der Waals surface area contributed by atoms with Crippen molar-refractivity contribution in [2.24, 2.45) is 5.73 Å². The molecule has 2 unspecified atom stereocenters. The van der Waals surface area contributed by atoms with Crippen LogP contribution in [0.1, 0.15) is 37.0 Å². The molecule has 2 atom stereocenters. The molecule has 1 saturated heterocycles. The van der Waals surface area contributed by atoms with Crippen LogP contribution < -0.4 is 5.73 Å². The topological polar surface area (TPSA) is 44.5 Å². The molecule has 88 valence electrons. The molecule has 0 bridgehead atoms. The van der Waals surface area contributed by atoms with Crippen LogP contribution in [-0.4, -0.2) is 19.4 Å². The molecule has 1 heterocycles. The summed E-state index contributed by atoms with van der Waals surface area (Å²) in [6, 6.07) is 8.53. The van der Waals surface area contributed by atoms with E-state index < -0.39 is 0 Å². The summed E-state index contributed by atoms with van der Waals surface area (Å²) in [6.07, 6.45) is -0.204. The second kappa shape index (κ2) is 4.95. The maximum absolute atomic E-state index is 5.65. The molecule has 0 aliphatic carbocycles. The molecular formula is C13H19NO2. The van der Waals surface area contributed by atoms with Gasteiger partial charge in [0.25, 0.3) is 0 Å². The number of nitrogens with two attached hydrogens (primary N) is 1. The molecule has 1 aromatic carbocycles. The zero-order valence-corrected chi connectivity index (χ0v) is 9.85. The van der Waals surface area contributed by atoms with Crippen LogP contribution >= 0.6 is 0 Å². The van der Waals surface area contributed by atoms with E-state index in [1.807, 2.05) is 0 Å². The van der Waals surface area contributed by atoms with Gasteiger partial charge in [-0.15, -0.1) is 0 Å². The number of rotatable bonds is 3. The summed E-state index contributed by atoms with van der Waals surface area (Å²) in [6.45, 7) is 5.40. The van der Waals surface area contributed by atoms with Crippen LogP contribution in [0.4, 0.5) is 0 Å². The number of hydrogen-bond acceptors (Lipinski definition) is 3. The fourth-order valence-electron chi connectivity index (χ4n) is 1.85. The molecule has 3 nitrogen and oxygen atoms in total. The van der Waals surface area contributed by atoms with Gasteiger partial charge in [-0.2, -0.15) is 0 Å². The second-order valence-corrected chi connectivity index (χ2v) is 4.44. The average molecular weight is 221 g/mol. The Balaban J connectivity index is 2.05. The first-order valence-electron chi connectivity index (χ1n) is 5.77. The molecule has 1 aromatic rings. The standard InChI is InChI=1S/C13H19NO2/c1-9(2)10-3-5-11(6-4-10)12-8-15-13(7-14)16-12/h3-6,9,12-13H,7-8,14H2,1-2H3. The minimum absolute atomic E-state index is 0.0368. The first-order chi connectivity index (χ1) is 7.70. The van der Waals surface area contributed by atoms with Crippen molar-refractivity contribution < 1.29 is 9.47 Å². The summed E-state index contributed by atoms with van der Waals surface area (Å²) >= 11 is 0. The molecular weight excluding hydrogens is 202 g/mol. The van der Waals surface area contributed by atoms with Gasteiger partial charge < -0.3 is 15.2 Å². The fourth-order valence-corrected chi connectivity index (χ4v) is 1.85. The summed E-state index contributed by atoms with van der Waals surface area (Å²) in [4.78, 5) is 0. The van der Waals surface area contributed by atoms with Crippen molar-refractivity contribution >= 4 is 0 Å². The van der Waals surface area contributed by atoms with Crippen LogP contribution in [0.5, 0.6) is 0 Å². The molecule has 2 rings (SSSR count). The van der Waals surface area contributed by atoms with E-state index in [1.54, 1.807) is 0 Å². The Kier molecular flexibility index (Phi) is 3.59. The lowest BCUT2D eigenvalue weighted by Gasteiger charge is -2.11. The van der Waals surface area contributed by atoms with Crippen molar-refractivity contribution in [2.75, 3.05) is 13.2 Å². The SMILES string of the molecule is CC(C)c1ccc(C2COC(CN)O2)cc1. The lowest BCUT2D eigenvalue weighted by Crippen LogP contribution is -2.20. The Morgan fingerprint density at radius 1 is 1.31 bits per heavy atom. The maximum atomic E-state index is 5.65. The fraction of sp³-hybridized carbons (Fsp3) is 0.538. The lowest BCUT2D eigenvalue weighted by molar-refractivity contribution is -0.0497. The zero-order valence-electron chi connectivity index (χ0n) is 9.85. The highest BCUT2D eigenvalue weighted by molar-refractivity contribution is 5.26. The minimum atomic E-state index is -0.241. The third-order valence-electron chi connectivity index (χ3n) is 2.92. The second-order valence-electron chi connectivity index (χ2n) is 4.44. The van der Waals surface area contributed by atoms with Crippen LogP contribution in [0, 0.1) is 0 Å². The van der Waals surface area contributed by atoms with Gasteiger partial charge in [-0.3, -0.25) is 0 Å². The van der Waals surface area contributed by atoms with E-state index in [9.17, 15) is 0 Å². The lowest BCUT2D eigenvalue weighted by atomic mass is 10.0. The summed E-state index contributed by atoms with van der Waals surface area (Å²) in [5.41, 5.74) is 8.00. The predicted molar refractivity (Wildman–Crippen MR) is 63.2 cm³/mol. The van der Waals surface area contributed by atoms with Crippen LogP contribution in [0.2, 0.25) is 0 Å². The third-order valence-corrected chi connectivity index (χ3v) is 2.92. The average Bonchev–Trinajstić information content (AvgIpc) is 2.77. The van der Waals surface area contributed by atoms with Crippen molar-refractivity contribution in [3.8, 4) is 0 Å². The number of hydrogen-bond donors (Lipinski definition) is 1. The smallest absolute Gasteiger partial charge is 0.170 e.